The number of β-lactam (4-membered cyclic amide) rings is 1. The van der Waals surface area contributed by atoms with Crippen LogP contribution < -0.4 is 14.4 Å². The quantitative estimate of drug-likeness (QED) is 0.477. The molecule has 2 atom stereocenters. The van der Waals surface area contributed by atoms with E-state index in [1.165, 1.54) is 18.9 Å². The molecular formula is C20H19NO6. The van der Waals surface area contributed by atoms with Gasteiger partial charge in [-0.1, -0.05) is 12.1 Å². The lowest BCUT2D eigenvalue weighted by Crippen LogP contribution is -2.65. The number of benzene rings is 2. The zero-order valence-corrected chi connectivity index (χ0v) is 14.9. The highest BCUT2D eigenvalue weighted by Gasteiger charge is 2.52. The van der Waals surface area contributed by atoms with E-state index >= 15 is 0 Å². The standard InChI is InChI=1S/C20H19NO6/c1-12(22)27-16-7-3-13(4-8-16)11-17-18(20(24)25)21(19(17)23)14-5-9-15(26-2)10-6-14/h3-10,17-18H,11H2,1-2H3,(H,24,25)/t17-,18-/m0/s1. The Morgan fingerprint density at radius 1 is 1.04 bits per heavy atom. The average molecular weight is 369 g/mol. The third-order valence-corrected chi connectivity index (χ3v) is 4.46. The van der Waals surface area contributed by atoms with E-state index in [4.69, 9.17) is 9.47 Å². The minimum atomic E-state index is -1.05. The van der Waals surface area contributed by atoms with E-state index in [9.17, 15) is 19.5 Å². The number of ether oxygens (including phenoxy) is 2. The van der Waals surface area contributed by atoms with E-state index < -0.39 is 23.9 Å². The molecule has 1 fully saturated rings. The Labute approximate surface area is 156 Å². The van der Waals surface area contributed by atoms with Crippen LogP contribution in [0.3, 0.4) is 0 Å². The second-order valence-corrected chi connectivity index (χ2v) is 6.24. The fraction of sp³-hybridized carbons (Fsp3) is 0.250. The Bertz CT molecular complexity index is 859. The van der Waals surface area contributed by atoms with Crippen molar-refractivity contribution in [2.45, 2.75) is 19.4 Å². The summed E-state index contributed by atoms with van der Waals surface area (Å²) in [5.74, 6) is -1.32. The summed E-state index contributed by atoms with van der Waals surface area (Å²) in [5.41, 5.74) is 1.32. The van der Waals surface area contributed by atoms with Gasteiger partial charge in [-0.15, -0.1) is 0 Å². The number of carbonyl (C=O) groups excluding carboxylic acids is 2. The number of amides is 1. The number of carboxylic acid groups (broad SMARTS) is 1. The normalized spacial score (nSPS) is 18.6. The maximum absolute atomic E-state index is 12.6. The molecule has 0 saturated carbocycles. The third kappa shape index (κ3) is 3.76. The van der Waals surface area contributed by atoms with Crippen LogP contribution >= 0.6 is 0 Å². The first-order valence-electron chi connectivity index (χ1n) is 8.38. The Morgan fingerprint density at radius 3 is 2.15 bits per heavy atom. The van der Waals surface area contributed by atoms with Crippen molar-refractivity contribution in [1.29, 1.82) is 0 Å². The predicted molar refractivity (Wildman–Crippen MR) is 96.8 cm³/mol. The lowest BCUT2D eigenvalue weighted by Gasteiger charge is -2.44. The van der Waals surface area contributed by atoms with Crippen LogP contribution in [0.15, 0.2) is 48.5 Å². The van der Waals surface area contributed by atoms with Crippen LogP contribution in [-0.4, -0.2) is 36.1 Å². The van der Waals surface area contributed by atoms with E-state index in [1.807, 2.05) is 0 Å². The number of hydrogen-bond acceptors (Lipinski definition) is 5. The van der Waals surface area contributed by atoms with E-state index in [0.717, 1.165) is 5.56 Å². The molecule has 1 saturated heterocycles. The molecule has 0 unspecified atom stereocenters. The number of anilines is 1. The number of esters is 1. The van der Waals surface area contributed by atoms with Crippen molar-refractivity contribution in [2.24, 2.45) is 5.92 Å². The van der Waals surface area contributed by atoms with Gasteiger partial charge in [0.15, 0.2) is 0 Å². The summed E-state index contributed by atoms with van der Waals surface area (Å²) in [6.45, 7) is 1.31. The summed E-state index contributed by atoms with van der Waals surface area (Å²) < 4.78 is 10.1. The maximum Gasteiger partial charge on any atom is 0.327 e. The van der Waals surface area contributed by atoms with E-state index in [1.54, 1.807) is 48.5 Å². The molecule has 0 aromatic heterocycles. The minimum absolute atomic E-state index is 0.239. The van der Waals surface area contributed by atoms with E-state index in [2.05, 4.69) is 0 Å². The summed E-state index contributed by atoms with van der Waals surface area (Å²) >= 11 is 0. The molecule has 27 heavy (non-hydrogen) atoms. The monoisotopic (exact) mass is 369 g/mol. The number of carbonyl (C=O) groups is 3. The molecule has 7 nitrogen and oxygen atoms in total. The molecule has 0 bridgehead atoms. The molecule has 140 valence electrons. The van der Waals surface area contributed by atoms with Gasteiger partial charge in [0, 0.05) is 12.6 Å². The highest BCUT2D eigenvalue weighted by molar-refractivity contribution is 6.10. The zero-order chi connectivity index (χ0) is 19.6. The molecule has 1 N–H and O–H groups in total. The van der Waals surface area contributed by atoms with Crippen molar-refractivity contribution in [1.82, 2.24) is 0 Å². The SMILES string of the molecule is COc1ccc(N2C(=O)[C@@H](Cc3ccc(OC(C)=O)cc3)[C@H]2C(=O)O)cc1. The van der Waals surface area contributed by atoms with Crippen molar-refractivity contribution < 1.29 is 29.0 Å². The fourth-order valence-corrected chi connectivity index (χ4v) is 3.17. The molecule has 7 heteroatoms. The molecule has 1 heterocycles. The van der Waals surface area contributed by atoms with Gasteiger partial charge >= 0.3 is 11.9 Å². The van der Waals surface area contributed by atoms with Gasteiger partial charge < -0.3 is 14.6 Å². The molecule has 0 radical (unpaired) electrons. The Balaban J connectivity index is 1.75. The van der Waals surface area contributed by atoms with Crippen LogP contribution in [0.25, 0.3) is 0 Å². The number of rotatable bonds is 6. The molecular weight excluding hydrogens is 350 g/mol. The Kier molecular flexibility index (Phi) is 5.12. The topological polar surface area (TPSA) is 93.1 Å². The molecule has 2 aromatic carbocycles. The van der Waals surface area contributed by atoms with Gasteiger partial charge in [0.05, 0.1) is 13.0 Å². The van der Waals surface area contributed by atoms with Crippen molar-refractivity contribution in [3.63, 3.8) is 0 Å². The van der Waals surface area contributed by atoms with Gasteiger partial charge in [-0.2, -0.15) is 0 Å². The third-order valence-electron chi connectivity index (χ3n) is 4.46. The smallest absolute Gasteiger partial charge is 0.327 e. The first-order valence-corrected chi connectivity index (χ1v) is 8.38. The van der Waals surface area contributed by atoms with Crippen LogP contribution in [0.1, 0.15) is 12.5 Å². The number of methoxy groups -OCH3 is 1. The molecule has 1 aliphatic heterocycles. The van der Waals surface area contributed by atoms with Gasteiger partial charge in [0.1, 0.15) is 17.5 Å². The van der Waals surface area contributed by atoms with Crippen molar-refractivity contribution >= 4 is 23.5 Å². The highest BCUT2D eigenvalue weighted by atomic mass is 16.5. The lowest BCUT2D eigenvalue weighted by molar-refractivity contribution is -0.149. The average Bonchev–Trinajstić information content (AvgIpc) is 2.64. The molecule has 0 aliphatic carbocycles. The van der Waals surface area contributed by atoms with Crippen LogP contribution in [-0.2, 0) is 20.8 Å². The highest BCUT2D eigenvalue weighted by Crippen LogP contribution is 2.36. The van der Waals surface area contributed by atoms with Crippen LogP contribution in [0.4, 0.5) is 5.69 Å². The summed E-state index contributed by atoms with van der Waals surface area (Å²) in [6, 6.07) is 12.5. The molecule has 2 aromatic rings. The summed E-state index contributed by atoms with van der Waals surface area (Å²) in [5, 5.41) is 9.60. The summed E-state index contributed by atoms with van der Waals surface area (Å²) in [4.78, 5) is 36.6. The van der Waals surface area contributed by atoms with Crippen molar-refractivity contribution in [3.05, 3.63) is 54.1 Å². The largest absolute Gasteiger partial charge is 0.497 e. The van der Waals surface area contributed by atoms with Gasteiger partial charge in [-0.25, -0.2) is 4.79 Å². The van der Waals surface area contributed by atoms with Crippen LogP contribution in [0, 0.1) is 5.92 Å². The first kappa shape index (κ1) is 18.4. The lowest BCUT2D eigenvalue weighted by atomic mass is 9.82. The van der Waals surface area contributed by atoms with Gasteiger partial charge in [0.25, 0.3) is 0 Å². The van der Waals surface area contributed by atoms with E-state index in [0.29, 0.717) is 23.6 Å². The first-order chi connectivity index (χ1) is 12.9. The second-order valence-electron chi connectivity index (χ2n) is 6.24. The van der Waals surface area contributed by atoms with E-state index in [-0.39, 0.29) is 5.91 Å². The Morgan fingerprint density at radius 2 is 1.63 bits per heavy atom. The second kappa shape index (κ2) is 7.49. The zero-order valence-electron chi connectivity index (χ0n) is 14.9. The van der Waals surface area contributed by atoms with Crippen LogP contribution in [0.5, 0.6) is 11.5 Å². The number of aliphatic carboxylic acids is 1. The summed E-state index contributed by atoms with van der Waals surface area (Å²) in [7, 11) is 1.53. The van der Waals surface area contributed by atoms with Gasteiger partial charge in [-0.3, -0.25) is 14.5 Å². The summed E-state index contributed by atoms with van der Waals surface area (Å²) in [6.07, 6.45) is 0.294. The number of carboxylic acids is 1. The predicted octanol–water partition coefficient (Wildman–Crippen LogP) is 2.28. The fourth-order valence-electron chi connectivity index (χ4n) is 3.17. The molecule has 1 amide bonds. The van der Waals surface area contributed by atoms with Gasteiger partial charge in [-0.05, 0) is 48.4 Å². The number of hydrogen-bond donors (Lipinski definition) is 1. The van der Waals surface area contributed by atoms with Crippen molar-refractivity contribution in [2.75, 3.05) is 12.0 Å². The number of nitrogens with zero attached hydrogens (tertiary/aromatic N) is 1. The van der Waals surface area contributed by atoms with Gasteiger partial charge in [0.2, 0.25) is 5.91 Å². The Hall–Kier alpha value is -3.35. The molecule has 0 spiro atoms. The molecule has 3 rings (SSSR count). The van der Waals surface area contributed by atoms with Crippen molar-refractivity contribution in [3.8, 4) is 11.5 Å². The van der Waals surface area contributed by atoms with Crippen LogP contribution in [0.2, 0.25) is 0 Å². The molecule has 1 aliphatic rings. The maximum atomic E-state index is 12.6. The minimum Gasteiger partial charge on any atom is -0.497 e.